The molecule has 2 rings (SSSR count). The normalized spacial score (nSPS) is 22.5. The number of rotatable bonds is 2. The summed E-state index contributed by atoms with van der Waals surface area (Å²) in [5, 5.41) is 24.1. The van der Waals surface area contributed by atoms with Crippen LogP contribution in [0.3, 0.4) is 0 Å². The standard InChI is InChI=1S/C10H16N2O2/c1-12-7-8(6-11-12)9(13)10(14)4-2-3-5-10/h6-7,9,13-14H,2-5H2,1H3. The van der Waals surface area contributed by atoms with Gasteiger partial charge in [-0.05, 0) is 12.8 Å². The predicted octanol–water partition coefficient (Wildman–Crippen LogP) is 0.759. The average Bonchev–Trinajstić information content (AvgIpc) is 2.74. The molecule has 14 heavy (non-hydrogen) atoms. The lowest BCUT2D eigenvalue weighted by Gasteiger charge is -2.27. The third kappa shape index (κ3) is 1.55. The van der Waals surface area contributed by atoms with Crippen molar-refractivity contribution >= 4 is 0 Å². The molecule has 0 aliphatic heterocycles. The van der Waals surface area contributed by atoms with E-state index in [4.69, 9.17) is 0 Å². The molecule has 0 amide bonds. The molecule has 1 aliphatic rings. The summed E-state index contributed by atoms with van der Waals surface area (Å²) in [5.74, 6) is 0. The third-order valence-corrected chi connectivity index (χ3v) is 3.02. The molecule has 0 aromatic carbocycles. The fourth-order valence-corrected chi connectivity index (χ4v) is 2.15. The summed E-state index contributed by atoms with van der Waals surface area (Å²) >= 11 is 0. The van der Waals surface area contributed by atoms with E-state index in [1.807, 2.05) is 0 Å². The number of aliphatic hydroxyl groups excluding tert-OH is 1. The minimum absolute atomic E-state index is 0.684. The molecule has 2 N–H and O–H groups in total. The van der Waals surface area contributed by atoms with Crippen molar-refractivity contribution in [2.75, 3.05) is 0 Å². The SMILES string of the molecule is Cn1cc(C(O)C2(O)CCCC2)cn1. The molecule has 1 unspecified atom stereocenters. The van der Waals surface area contributed by atoms with Crippen LogP contribution >= 0.6 is 0 Å². The van der Waals surface area contributed by atoms with Crippen LogP contribution < -0.4 is 0 Å². The summed E-state index contributed by atoms with van der Waals surface area (Å²) in [7, 11) is 1.80. The van der Waals surface area contributed by atoms with E-state index in [-0.39, 0.29) is 0 Å². The Balaban J connectivity index is 2.18. The average molecular weight is 196 g/mol. The van der Waals surface area contributed by atoms with Gasteiger partial charge in [-0.1, -0.05) is 12.8 Å². The van der Waals surface area contributed by atoms with Gasteiger partial charge >= 0.3 is 0 Å². The molecule has 1 saturated carbocycles. The second-order valence-electron chi connectivity index (χ2n) is 4.16. The summed E-state index contributed by atoms with van der Waals surface area (Å²) in [5.41, 5.74) is -0.222. The maximum absolute atomic E-state index is 10.1. The quantitative estimate of drug-likeness (QED) is 0.734. The molecule has 0 spiro atoms. The van der Waals surface area contributed by atoms with Crippen LogP contribution in [0.15, 0.2) is 12.4 Å². The monoisotopic (exact) mass is 196 g/mol. The molecule has 1 atom stereocenters. The van der Waals surface area contributed by atoms with E-state index in [1.165, 1.54) is 0 Å². The number of hydrogen-bond acceptors (Lipinski definition) is 3. The molecule has 1 heterocycles. The molecule has 1 fully saturated rings. The fraction of sp³-hybridized carbons (Fsp3) is 0.700. The Labute approximate surface area is 83.2 Å². The molecular formula is C10H16N2O2. The first-order valence-electron chi connectivity index (χ1n) is 5.01. The van der Waals surface area contributed by atoms with Crippen LogP contribution in [0.4, 0.5) is 0 Å². The van der Waals surface area contributed by atoms with Gasteiger partial charge in [-0.15, -0.1) is 0 Å². The molecule has 1 aromatic heterocycles. The minimum atomic E-state index is -0.928. The van der Waals surface area contributed by atoms with E-state index in [0.717, 1.165) is 12.8 Å². The van der Waals surface area contributed by atoms with Gasteiger partial charge in [0.2, 0.25) is 0 Å². The molecule has 0 bridgehead atoms. The van der Waals surface area contributed by atoms with Crippen molar-refractivity contribution in [2.24, 2.45) is 7.05 Å². The highest BCUT2D eigenvalue weighted by Crippen LogP contribution is 2.39. The van der Waals surface area contributed by atoms with Gasteiger partial charge in [0.05, 0.1) is 11.8 Å². The molecule has 1 aliphatic carbocycles. The van der Waals surface area contributed by atoms with Gasteiger partial charge in [0.25, 0.3) is 0 Å². The van der Waals surface area contributed by atoms with Crippen molar-refractivity contribution in [1.29, 1.82) is 0 Å². The van der Waals surface area contributed by atoms with Crippen molar-refractivity contribution < 1.29 is 10.2 Å². The van der Waals surface area contributed by atoms with Crippen LogP contribution in [-0.4, -0.2) is 25.6 Å². The van der Waals surface area contributed by atoms with Gasteiger partial charge in [-0.3, -0.25) is 4.68 Å². The zero-order valence-electron chi connectivity index (χ0n) is 8.35. The van der Waals surface area contributed by atoms with Crippen LogP contribution in [0.2, 0.25) is 0 Å². The van der Waals surface area contributed by atoms with Crippen molar-refractivity contribution in [3.8, 4) is 0 Å². The van der Waals surface area contributed by atoms with Gasteiger partial charge in [0.15, 0.2) is 0 Å². The van der Waals surface area contributed by atoms with Gasteiger partial charge in [-0.25, -0.2) is 0 Å². The van der Waals surface area contributed by atoms with E-state index < -0.39 is 11.7 Å². The van der Waals surface area contributed by atoms with Crippen molar-refractivity contribution in [3.05, 3.63) is 18.0 Å². The predicted molar refractivity (Wildman–Crippen MR) is 51.6 cm³/mol. The highest BCUT2D eigenvalue weighted by molar-refractivity contribution is 5.13. The number of aryl methyl sites for hydroxylation is 1. The molecule has 4 nitrogen and oxygen atoms in total. The van der Waals surface area contributed by atoms with Crippen LogP contribution in [0.5, 0.6) is 0 Å². The van der Waals surface area contributed by atoms with E-state index >= 15 is 0 Å². The number of hydrogen-bond donors (Lipinski definition) is 2. The summed E-state index contributed by atoms with van der Waals surface area (Å²) < 4.78 is 1.64. The lowest BCUT2D eigenvalue weighted by atomic mass is 9.91. The van der Waals surface area contributed by atoms with Crippen molar-refractivity contribution in [2.45, 2.75) is 37.4 Å². The van der Waals surface area contributed by atoms with E-state index in [9.17, 15) is 10.2 Å². The Kier molecular flexibility index (Phi) is 2.33. The Hall–Kier alpha value is -0.870. The highest BCUT2D eigenvalue weighted by atomic mass is 16.3. The maximum atomic E-state index is 10.1. The Morgan fingerprint density at radius 1 is 1.50 bits per heavy atom. The van der Waals surface area contributed by atoms with E-state index in [1.54, 1.807) is 24.1 Å². The summed E-state index contributed by atoms with van der Waals surface area (Å²) in [4.78, 5) is 0. The van der Waals surface area contributed by atoms with E-state index in [0.29, 0.717) is 18.4 Å². The van der Waals surface area contributed by atoms with Crippen LogP contribution in [-0.2, 0) is 7.05 Å². The van der Waals surface area contributed by atoms with Gasteiger partial charge in [0, 0.05) is 18.8 Å². The summed E-state index contributed by atoms with van der Waals surface area (Å²) in [6.45, 7) is 0. The van der Waals surface area contributed by atoms with Crippen LogP contribution in [0, 0.1) is 0 Å². The second-order valence-corrected chi connectivity index (χ2v) is 4.16. The molecule has 0 saturated heterocycles. The van der Waals surface area contributed by atoms with Crippen LogP contribution in [0.1, 0.15) is 37.4 Å². The Morgan fingerprint density at radius 2 is 2.14 bits per heavy atom. The first kappa shape index (κ1) is 9.68. The fourth-order valence-electron chi connectivity index (χ4n) is 2.15. The Bertz CT molecular complexity index is 316. The van der Waals surface area contributed by atoms with E-state index in [2.05, 4.69) is 5.10 Å². The first-order chi connectivity index (χ1) is 6.62. The van der Waals surface area contributed by atoms with Crippen molar-refractivity contribution in [3.63, 3.8) is 0 Å². The molecule has 0 radical (unpaired) electrons. The maximum Gasteiger partial charge on any atom is 0.111 e. The smallest absolute Gasteiger partial charge is 0.111 e. The lowest BCUT2D eigenvalue weighted by molar-refractivity contribution is -0.0719. The largest absolute Gasteiger partial charge is 0.387 e. The zero-order valence-corrected chi connectivity index (χ0v) is 8.35. The number of aliphatic hydroxyl groups is 2. The minimum Gasteiger partial charge on any atom is -0.387 e. The highest BCUT2D eigenvalue weighted by Gasteiger charge is 2.39. The molecule has 78 valence electrons. The molecule has 4 heteroatoms. The molecule has 1 aromatic rings. The van der Waals surface area contributed by atoms with Crippen LogP contribution in [0.25, 0.3) is 0 Å². The zero-order chi connectivity index (χ0) is 10.2. The van der Waals surface area contributed by atoms with Gasteiger partial charge in [0.1, 0.15) is 6.10 Å². The number of nitrogens with zero attached hydrogens (tertiary/aromatic N) is 2. The summed E-state index contributed by atoms with van der Waals surface area (Å²) in [6, 6.07) is 0. The topological polar surface area (TPSA) is 58.3 Å². The van der Waals surface area contributed by atoms with Crippen molar-refractivity contribution in [1.82, 2.24) is 9.78 Å². The lowest BCUT2D eigenvalue weighted by Crippen LogP contribution is -2.32. The third-order valence-electron chi connectivity index (χ3n) is 3.02. The number of aromatic nitrogens is 2. The second kappa shape index (κ2) is 3.37. The van der Waals surface area contributed by atoms with Gasteiger partial charge in [-0.2, -0.15) is 5.10 Å². The van der Waals surface area contributed by atoms with Gasteiger partial charge < -0.3 is 10.2 Å². The Morgan fingerprint density at radius 3 is 2.64 bits per heavy atom. The first-order valence-corrected chi connectivity index (χ1v) is 5.01. The summed E-state index contributed by atoms with van der Waals surface area (Å²) in [6.07, 6.45) is 5.93. The molecular weight excluding hydrogens is 180 g/mol.